The van der Waals surface area contributed by atoms with Crippen LogP contribution in [0.15, 0.2) is 53.7 Å². The van der Waals surface area contributed by atoms with Crippen molar-refractivity contribution in [3.63, 3.8) is 0 Å². The van der Waals surface area contributed by atoms with Crippen LogP contribution >= 0.6 is 0 Å². The van der Waals surface area contributed by atoms with Gasteiger partial charge in [-0.3, -0.25) is 0 Å². The number of pyridine rings is 1. The number of alkyl halides is 1. The minimum absolute atomic E-state index is 0.141. The molecule has 150 valence electrons. The molecule has 0 saturated heterocycles. The van der Waals surface area contributed by atoms with Gasteiger partial charge in [0.25, 0.3) is 0 Å². The Hall–Kier alpha value is -3.36. The maximum absolute atomic E-state index is 14.0. The molecule has 6 nitrogen and oxygen atoms in total. The third kappa shape index (κ3) is 4.23. The molecule has 2 aromatic carbocycles. The van der Waals surface area contributed by atoms with Gasteiger partial charge in [0, 0.05) is 23.9 Å². The number of aliphatic imine (C=N–C) groups is 1. The first-order chi connectivity index (χ1) is 14.0. The van der Waals surface area contributed by atoms with E-state index in [4.69, 9.17) is 17.3 Å². The molecule has 0 atom stereocenters. The molecule has 0 fully saturated rings. The Labute approximate surface area is 167 Å². The average Bonchev–Trinajstić information content (AvgIpc) is 2.75. The van der Waals surface area contributed by atoms with E-state index in [1.807, 2.05) is 24.3 Å². The lowest BCUT2D eigenvalue weighted by molar-refractivity contribution is 0.464. The largest absolute Gasteiger partial charge is 0.383 e. The summed E-state index contributed by atoms with van der Waals surface area (Å²) in [5, 5.41) is 0. The summed E-state index contributed by atoms with van der Waals surface area (Å²) in [6, 6.07) is 12.2. The van der Waals surface area contributed by atoms with Crippen LogP contribution in [-0.4, -0.2) is 10.8 Å². The van der Waals surface area contributed by atoms with E-state index in [0.717, 1.165) is 16.7 Å². The van der Waals surface area contributed by atoms with E-state index in [1.165, 1.54) is 12.1 Å². The van der Waals surface area contributed by atoms with Crippen molar-refractivity contribution in [2.24, 2.45) is 16.6 Å². The summed E-state index contributed by atoms with van der Waals surface area (Å²) in [5.74, 6) is 5.32. The number of amidine groups is 1. The molecule has 0 amide bonds. The van der Waals surface area contributed by atoms with Gasteiger partial charge < -0.3 is 16.9 Å². The van der Waals surface area contributed by atoms with E-state index < -0.39 is 12.5 Å². The maximum atomic E-state index is 14.0. The summed E-state index contributed by atoms with van der Waals surface area (Å²) in [6.45, 7) is 1.16. The Bertz CT molecular complexity index is 1050. The summed E-state index contributed by atoms with van der Waals surface area (Å²) >= 11 is 0. The number of hydrazine groups is 1. The van der Waals surface area contributed by atoms with Crippen molar-refractivity contribution in [3.05, 3.63) is 76.7 Å². The molecule has 0 bridgehead atoms. The van der Waals surface area contributed by atoms with E-state index in [2.05, 4.69) is 15.4 Å². The van der Waals surface area contributed by atoms with E-state index in [0.29, 0.717) is 17.7 Å². The molecule has 3 rings (SSSR count). The van der Waals surface area contributed by atoms with E-state index in [1.54, 1.807) is 19.2 Å². The van der Waals surface area contributed by atoms with Crippen LogP contribution in [0, 0.1) is 12.7 Å². The highest BCUT2D eigenvalue weighted by atomic mass is 19.1. The summed E-state index contributed by atoms with van der Waals surface area (Å²) in [7, 11) is 0. The second kappa shape index (κ2) is 8.76. The number of benzene rings is 2. The monoisotopic (exact) mass is 396 g/mol. The number of nitrogens with two attached hydrogens (primary N) is 3. The zero-order chi connectivity index (χ0) is 21.0. The molecule has 29 heavy (non-hydrogen) atoms. The molecule has 7 N–H and O–H groups in total. The minimum Gasteiger partial charge on any atom is -0.383 e. The Morgan fingerprint density at radius 2 is 1.86 bits per heavy atom. The number of anilines is 1. The number of aryl methyl sites for hydroxylation is 1. The second-order valence-corrected chi connectivity index (χ2v) is 6.49. The van der Waals surface area contributed by atoms with E-state index in [-0.39, 0.29) is 22.9 Å². The van der Waals surface area contributed by atoms with Gasteiger partial charge in [0.1, 0.15) is 18.3 Å². The molecule has 0 radical (unpaired) electrons. The van der Waals surface area contributed by atoms with Crippen molar-refractivity contribution in [1.29, 1.82) is 0 Å². The molecule has 0 unspecified atom stereocenters. The van der Waals surface area contributed by atoms with Crippen LogP contribution in [0.1, 0.15) is 22.3 Å². The lowest BCUT2D eigenvalue weighted by Gasteiger charge is -2.13. The van der Waals surface area contributed by atoms with E-state index >= 15 is 0 Å². The molecule has 0 saturated carbocycles. The van der Waals surface area contributed by atoms with Crippen LogP contribution < -0.4 is 22.7 Å². The zero-order valence-corrected chi connectivity index (χ0v) is 15.9. The van der Waals surface area contributed by atoms with Crippen LogP contribution in [0.25, 0.3) is 11.1 Å². The van der Waals surface area contributed by atoms with Crippen LogP contribution in [0.5, 0.6) is 0 Å². The molecule has 0 spiro atoms. The number of hydrogen-bond donors (Lipinski definition) is 4. The SMILES string of the molecule is Cc1ccc(F)c(CF)c1N=C(NN)c1cc(-c2ccc(CN)cc2)cnc1N. The number of nitrogen functional groups attached to an aromatic ring is 1. The van der Waals surface area contributed by atoms with Crippen molar-refractivity contribution in [2.75, 3.05) is 5.73 Å². The van der Waals surface area contributed by atoms with Crippen LogP contribution in [-0.2, 0) is 13.2 Å². The molecule has 0 aliphatic heterocycles. The van der Waals surface area contributed by atoms with Crippen molar-refractivity contribution in [3.8, 4) is 11.1 Å². The van der Waals surface area contributed by atoms with Gasteiger partial charge in [-0.2, -0.15) is 0 Å². The molecule has 1 aromatic heterocycles. The summed E-state index contributed by atoms with van der Waals surface area (Å²) in [4.78, 5) is 8.59. The predicted molar refractivity (Wildman–Crippen MR) is 111 cm³/mol. The Morgan fingerprint density at radius 1 is 1.14 bits per heavy atom. The van der Waals surface area contributed by atoms with Crippen molar-refractivity contribution >= 4 is 17.3 Å². The first-order valence-electron chi connectivity index (χ1n) is 8.93. The predicted octanol–water partition coefficient (Wildman–Crippen LogP) is 3.25. The molecule has 1 heterocycles. The number of hydrogen-bond acceptors (Lipinski definition) is 5. The number of rotatable bonds is 5. The van der Waals surface area contributed by atoms with Gasteiger partial charge in [-0.1, -0.05) is 30.3 Å². The van der Waals surface area contributed by atoms with Gasteiger partial charge >= 0.3 is 0 Å². The smallest absolute Gasteiger partial charge is 0.151 e. The highest BCUT2D eigenvalue weighted by Gasteiger charge is 2.15. The number of halogens is 2. The van der Waals surface area contributed by atoms with Gasteiger partial charge in [-0.15, -0.1) is 0 Å². The quantitative estimate of drug-likeness (QED) is 0.229. The summed E-state index contributed by atoms with van der Waals surface area (Å²) in [5.41, 5.74) is 17.9. The van der Waals surface area contributed by atoms with E-state index in [9.17, 15) is 8.78 Å². The topological polar surface area (TPSA) is 115 Å². The van der Waals surface area contributed by atoms with Crippen LogP contribution in [0.4, 0.5) is 20.3 Å². The fourth-order valence-electron chi connectivity index (χ4n) is 2.95. The van der Waals surface area contributed by atoms with Gasteiger partial charge in [-0.25, -0.2) is 24.6 Å². The summed E-state index contributed by atoms with van der Waals surface area (Å²) < 4.78 is 27.4. The standard InChI is InChI=1S/C21H22F2N6/c1-12-2-7-18(23)17(9-22)19(12)28-21(29-26)16-8-15(11-27-20(16)25)14-5-3-13(10-24)4-6-14/h2-8,11H,9-10,24,26H2,1H3,(H2,25,27)(H,28,29). The van der Waals surface area contributed by atoms with Crippen molar-refractivity contribution < 1.29 is 8.78 Å². The fourth-order valence-corrected chi connectivity index (χ4v) is 2.95. The number of nitrogens with one attached hydrogen (secondary N) is 1. The van der Waals surface area contributed by atoms with Gasteiger partial charge in [0.05, 0.1) is 11.3 Å². The van der Waals surface area contributed by atoms with Crippen LogP contribution in [0.2, 0.25) is 0 Å². The second-order valence-electron chi connectivity index (χ2n) is 6.49. The van der Waals surface area contributed by atoms with Gasteiger partial charge in [-0.05, 0) is 35.7 Å². The zero-order valence-electron chi connectivity index (χ0n) is 15.9. The molecular weight excluding hydrogens is 374 g/mol. The lowest BCUT2D eigenvalue weighted by atomic mass is 10.0. The first-order valence-corrected chi connectivity index (χ1v) is 8.93. The highest BCUT2D eigenvalue weighted by molar-refractivity contribution is 6.04. The minimum atomic E-state index is -0.995. The molecule has 8 heteroatoms. The number of nitrogens with zero attached hydrogens (tertiary/aromatic N) is 2. The lowest BCUT2D eigenvalue weighted by Crippen LogP contribution is -2.32. The normalized spacial score (nSPS) is 11.6. The highest BCUT2D eigenvalue weighted by Crippen LogP contribution is 2.29. The Morgan fingerprint density at radius 3 is 2.48 bits per heavy atom. The fraction of sp³-hybridized carbons (Fsp3) is 0.143. The maximum Gasteiger partial charge on any atom is 0.151 e. The summed E-state index contributed by atoms with van der Waals surface area (Å²) in [6.07, 6.45) is 1.63. The van der Waals surface area contributed by atoms with Gasteiger partial charge in [0.15, 0.2) is 5.84 Å². The molecule has 0 aliphatic rings. The van der Waals surface area contributed by atoms with Crippen LogP contribution in [0.3, 0.4) is 0 Å². The third-order valence-corrected chi connectivity index (χ3v) is 4.62. The Kier molecular flexibility index (Phi) is 6.16. The first kappa shape index (κ1) is 20.4. The molecule has 0 aliphatic carbocycles. The van der Waals surface area contributed by atoms with Gasteiger partial charge in [0.2, 0.25) is 0 Å². The Balaban J connectivity index is 2.11. The molecule has 3 aromatic rings. The molecular formula is C21H22F2N6. The van der Waals surface area contributed by atoms with Crippen molar-refractivity contribution in [1.82, 2.24) is 10.4 Å². The third-order valence-electron chi connectivity index (χ3n) is 4.62. The average molecular weight is 396 g/mol. The van der Waals surface area contributed by atoms with Crippen molar-refractivity contribution in [2.45, 2.75) is 20.1 Å². The number of aromatic nitrogens is 1.